The van der Waals surface area contributed by atoms with Crippen LogP contribution in [0.3, 0.4) is 0 Å². The smallest absolute Gasteiger partial charge is 0.227 e. The van der Waals surface area contributed by atoms with Crippen LogP contribution in [0.15, 0.2) is 54.6 Å². The van der Waals surface area contributed by atoms with Gasteiger partial charge in [0.2, 0.25) is 5.91 Å². The molecule has 0 fully saturated rings. The first kappa shape index (κ1) is 21.0. The van der Waals surface area contributed by atoms with Crippen molar-refractivity contribution in [1.82, 2.24) is 5.32 Å². The van der Waals surface area contributed by atoms with Crippen LogP contribution in [-0.2, 0) is 4.79 Å². The minimum atomic E-state index is -0.220. The summed E-state index contributed by atoms with van der Waals surface area (Å²) < 4.78 is 5.85. The predicted octanol–water partition coefficient (Wildman–Crippen LogP) is 4.42. The monoisotopic (exact) mass is 368 g/mol. The second kappa shape index (κ2) is 10.7. The van der Waals surface area contributed by atoms with E-state index >= 15 is 0 Å². The molecule has 0 aliphatic rings. The molecule has 1 amide bonds. The number of carbonyl (C=O) groups excluding carboxylic acids is 1. The van der Waals surface area contributed by atoms with E-state index < -0.39 is 0 Å². The van der Waals surface area contributed by atoms with Crippen molar-refractivity contribution < 1.29 is 9.53 Å². The lowest BCUT2D eigenvalue weighted by molar-refractivity contribution is -0.122. The first-order valence-corrected chi connectivity index (χ1v) is 9.83. The van der Waals surface area contributed by atoms with Gasteiger partial charge in [-0.15, -0.1) is 0 Å². The van der Waals surface area contributed by atoms with E-state index in [0.29, 0.717) is 12.5 Å². The third kappa shape index (κ3) is 6.40. The van der Waals surface area contributed by atoms with Crippen LogP contribution in [0.1, 0.15) is 56.7 Å². The number of nitrogens with two attached hydrogens (primary N) is 1. The van der Waals surface area contributed by atoms with Gasteiger partial charge in [-0.1, -0.05) is 62.7 Å². The van der Waals surface area contributed by atoms with E-state index in [2.05, 4.69) is 19.2 Å². The van der Waals surface area contributed by atoms with E-state index in [1.54, 1.807) is 0 Å². The average molecular weight is 369 g/mol. The van der Waals surface area contributed by atoms with Gasteiger partial charge in [-0.25, -0.2) is 0 Å². The molecule has 3 N–H and O–H groups in total. The zero-order valence-corrected chi connectivity index (χ0v) is 16.7. The quantitative estimate of drug-likeness (QED) is 0.652. The molecule has 4 nitrogen and oxygen atoms in total. The topological polar surface area (TPSA) is 64.3 Å². The summed E-state index contributed by atoms with van der Waals surface area (Å²) in [5, 5.41) is 3.06. The number of hydrogen-bond donors (Lipinski definition) is 2. The fraction of sp³-hybridized carbons (Fsp3) is 0.435. The molecule has 146 valence electrons. The van der Waals surface area contributed by atoms with E-state index in [-0.39, 0.29) is 17.9 Å². The lowest BCUT2D eigenvalue weighted by Crippen LogP contribution is -2.35. The van der Waals surface area contributed by atoms with Crippen LogP contribution in [0.25, 0.3) is 0 Å². The maximum absolute atomic E-state index is 12.6. The highest BCUT2D eigenvalue weighted by atomic mass is 16.5. The number of amides is 1. The predicted molar refractivity (Wildman–Crippen MR) is 111 cm³/mol. The van der Waals surface area contributed by atoms with Gasteiger partial charge in [0.1, 0.15) is 5.75 Å². The number of ether oxygens (including phenoxy) is 1. The Labute approximate surface area is 163 Å². The molecule has 3 atom stereocenters. The lowest BCUT2D eigenvalue weighted by Gasteiger charge is -2.21. The fourth-order valence-corrected chi connectivity index (χ4v) is 3.08. The Hall–Kier alpha value is -2.33. The molecule has 2 rings (SSSR count). The number of carbonyl (C=O) groups is 1. The van der Waals surface area contributed by atoms with Crippen LogP contribution in [0.4, 0.5) is 0 Å². The highest BCUT2D eigenvalue weighted by Gasteiger charge is 2.19. The number of hydrogen-bond acceptors (Lipinski definition) is 3. The number of rotatable bonds is 10. The molecule has 0 heterocycles. The molecule has 0 saturated carbocycles. The van der Waals surface area contributed by atoms with Crippen molar-refractivity contribution in [2.24, 2.45) is 11.7 Å². The maximum Gasteiger partial charge on any atom is 0.227 e. The Morgan fingerprint density at radius 2 is 1.70 bits per heavy atom. The summed E-state index contributed by atoms with van der Waals surface area (Å²) in [6.07, 6.45) is 2.34. The zero-order chi connectivity index (χ0) is 19.6. The van der Waals surface area contributed by atoms with Gasteiger partial charge in [0, 0.05) is 6.54 Å². The Kier molecular flexibility index (Phi) is 8.34. The molecule has 27 heavy (non-hydrogen) atoms. The summed E-state index contributed by atoms with van der Waals surface area (Å²) in [4.78, 5) is 12.6. The van der Waals surface area contributed by atoms with Crippen molar-refractivity contribution in [3.05, 3.63) is 65.7 Å². The van der Waals surface area contributed by atoms with Crippen LogP contribution in [-0.4, -0.2) is 19.1 Å². The summed E-state index contributed by atoms with van der Waals surface area (Å²) in [6.45, 7) is 7.36. The maximum atomic E-state index is 12.6. The van der Waals surface area contributed by atoms with Crippen LogP contribution in [0.5, 0.6) is 5.75 Å². The summed E-state index contributed by atoms with van der Waals surface area (Å²) >= 11 is 0. The van der Waals surface area contributed by atoms with Crippen LogP contribution in [0, 0.1) is 5.92 Å². The van der Waals surface area contributed by atoms with Crippen LogP contribution < -0.4 is 15.8 Å². The van der Waals surface area contributed by atoms with Gasteiger partial charge in [-0.2, -0.15) is 0 Å². The molecule has 0 aliphatic heterocycles. The van der Waals surface area contributed by atoms with Crippen LogP contribution in [0.2, 0.25) is 0 Å². The van der Waals surface area contributed by atoms with Crippen molar-refractivity contribution in [2.45, 2.75) is 45.6 Å². The normalized spacial score (nSPS) is 14.2. The van der Waals surface area contributed by atoms with Gasteiger partial charge in [0.05, 0.1) is 18.6 Å². The van der Waals surface area contributed by atoms with Crippen molar-refractivity contribution in [1.29, 1.82) is 0 Å². The molecule has 0 aliphatic carbocycles. The molecule has 0 bridgehead atoms. The Balaban J connectivity index is 1.95. The minimum Gasteiger partial charge on any atom is -0.493 e. The molecule has 0 spiro atoms. The lowest BCUT2D eigenvalue weighted by atomic mass is 9.99. The summed E-state index contributed by atoms with van der Waals surface area (Å²) in [5.41, 5.74) is 7.90. The van der Waals surface area contributed by atoms with Crippen molar-refractivity contribution in [2.75, 3.05) is 13.2 Å². The second-order valence-electron chi connectivity index (χ2n) is 7.20. The summed E-state index contributed by atoms with van der Waals surface area (Å²) in [5.74, 6) is 1.15. The average Bonchev–Trinajstić information content (AvgIpc) is 2.71. The standard InChI is InChI=1S/C23H32N2O2/c1-4-8-17(2)16-27-21-13-11-20(12-14-21)22(15-24)25-23(26)18(3)19-9-6-5-7-10-19/h5-7,9-14,17-18,22H,4,8,15-16,24H2,1-3H3,(H,25,26)/t17?,18?,22-/m0/s1. The van der Waals surface area contributed by atoms with Crippen LogP contribution >= 0.6 is 0 Å². The highest BCUT2D eigenvalue weighted by Crippen LogP contribution is 2.21. The minimum absolute atomic E-state index is 0.0228. The Bertz CT molecular complexity index is 685. The summed E-state index contributed by atoms with van der Waals surface area (Å²) in [6, 6.07) is 17.4. The molecule has 2 aromatic carbocycles. The van der Waals surface area contributed by atoms with Gasteiger partial charge >= 0.3 is 0 Å². The van der Waals surface area contributed by atoms with Gasteiger partial charge in [-0.05, 0) is 42.5 Å². The van der Waals surface area contributed by atoms with E-state index in [1.165, 1.54) is 12.8 Å². The van der Waals surface area contributed by atoms with E-state index in [4.69, 9.17) is 10.5 Å². The van der Waals surface area contributed by atoms with E-state index in [0.717, 1.165) is 23.5 Å². The molecule has 0 radical (unpaired) electrons. The first-order valence-electron chi connectivity index (χ1n) is 9.83. The molecule has 4 heteroatoms. The Morgan fingerprint density at radius 3 is 2.30 bits per heavy atom. The van der Waals surface area contributed by atoms with Gasteiger partial charge in [0.25, 0.3) is 0 Å². The third-order valence-electron chi connectivity index (χ3n) is 4.84. The zero-order valence-electron chi connectivity index (χ0n) is 16.7. The highest BCUT2D eigenvalue weighted by molar-refractivity contribution is 5.83. The molecular weight excluding hydrogens is 336 g/mol. The largest absolute Gasteiger partial charge is 0.493 e. The second-order valence-corrected chi connectivity index (χ2v) is 7.20. The van der Waals surface area contributed by atoms with Crippen molar-refractivity contribution in [3.8, 4) is 5.75 Å². The third-order valence-corrected chi connectivity index (χ3v) is 4.84. The number of benzene rings is 2. The molecule has 0 aromatic heterocycles. The van der Waals surface area contributed by atoms with Gasteiger partial charge < -0.3 is 15.8 Å². The number of nitrogens with one attached hydrogen (secondary N) is 1. The van der Waals surface area contributed by atoms with Gasteiger partial charge in [0.15, 0.2) is 0 Å². The summed E-state index contributed by atoms with van der Waals surface area (Å²) in [7, 11) is 0. The van der Waals surface area contributed by atoms with Gasteiger partial charge in [-0.3, -0.25) is 4.79 Å². The fourth-order valence-electron chi connectivity index (χ4n) is 3.08. The molecule has 2 aromatic rings. The van der Waals surface area contributed by atoms with Crippen molar-refractivity contribution in [3.63, 3.8) is 0 Å². The van der Waals surface area contributed by atoms with E-state index in [1.807, 2.05) is 61.5 Å². The van der Waals surface area contributed by atoms with Crippen molar-refractivity contribution >= 4 is 5.91 Å². The van der Waals surface area contributed by atoms with E-state index in [9.17, 15) is 4.79 Å². The molecular formula is C23H32N2O2. The Morgan fingerprint density at radius 1 is 1.04 bits per heavy atom. The molecule has 0 saturated heterocycles. The first-order chi connectivity index (χ1) is 13.0. The SMILES string of the molecule is CCCC(C)COc1ccc([C@H](CN)NC(=O)C(C)c2ccccc2)cc1. The molecule has 2 unspecified atom stereocenters.